The van der Waals surface area contributed by atoms with Gasteiger partial charge in [-0.15, -0.1) is 0 Å². The van der Waals surface area contributed by atoms with Gasteiger partial charge in [0.25, 0.3) is 0 Å². The minimum atomic E-state index is -0.156. The van der Waals surface area contributed by atoms with E-state index in [4.69, 9.17) is 10.5 Å². The van der Waals surface area contributed by atoms with Gasteiger partial charge in [-0.1, -0.05) is 12.1 Å². The van der Waals surface area contributed by atoms with E-state index in [2.05, 4.69) is 11.9 Å². The summed E-state index contributed by atoms with van der Waals surface area (Å²) in [5.74, 6) is 0.914. The number of benzene rings is 1. The fourth-order valence-electron chi connectivity index (χ4n) is 2.14. The summed E-state index contributed by atoms with van der Waals surface area (Å²) in [5, 5.41) is 0. The van der Waals surface area contributed by atoms with Gasteiger partial charge in [-0.3, -0.25) is 4.98 Å². The standard InChI is InChI=1S/C16H18N2O/c1-11-7-8-18-10-15(11)16(17)12-3-2-4-14(9-12)19-13-5-6-13/h2-4,7-10,13,16H,5-6,17H2,1H3. The van der Waals surface area contributed by atoms with Gasteiger partial charge in [0.15, 0.2) is 0 Å². The van der Waals surface area contributed by atoms with Crippen LogP contribution < -0.4 is 10.5 Å². The Morgan fingerprint density at radius 2 is 2.16 bits per heavy atom. The molecule has 0 bridgehead atoms. The van der Waals surface area contributed by atoms with E-state index in [1.54, 1.807) is 6.20 Å². The molecule has 3 rings (SSSR count). The molecule has 1 unspecified atom stereocenters. The number of nitrogens with two attached hydrogens (primary N) is 1. The maximum atomic E-state index is 6.34. The van der Waals surface area contributed by atoms with Crippen LogP contribution in [0.2, 0.25) is 0 Å². The zero-order valence-corrected chi connectivity index (χ0v) is 11.0. The molecule has 3 heteroatoms. The molecule has 2 N–H and O–H groups in total. The van der Waals surface area contributed by atoms with Crippen LogP contribution in [0.4, 0.5) is 0 Å². The normalized spacial score (nSPS) is 16.1. The van der Waals surface area contributed by atoms with E-state index in [9.17, 15) is 0 Å². The summed E-state index contributed by atoms with van der Waals surface area (Å²) in [6.07, 6.45) is 6.37. The van der Waals surface area contributed by atoms with Crippen LogP contribution in [0.3, 0.4) is 0 Å². The first-order valence-corrected chi connectivity index (χ1v) is 6.67. The van der Waals surface area contributed by atoms with Crippen molar-refractivity contribution in [3.8, 4) is 5.75 Å². The van der Waals surface area contributed by atoms with Gasteiger partial charge in [-0.25, -0.2) is 0 Å². The highest BCUT2D eigenvalue weighted by molar-refractivity contribution is 5.38. The summed E-state index contributed by atoms with van der Waals surface area (Å²) in [4.78, 5) is 4.16. The molecule has 1 aliphatic carbocycles. The van der Waals surface area contributed by atoms with Crippen LogP contribution in [-0.4, -0.2) is 11.1 Å². The summed E-state index contributed by atoms with van der Waals surface area (Å²) < 4.78 is 5.81. The number of rotatable bonds is 4. The number of nitrogens with zero attached hydrogens (tertiary/aromatic N) is 1. The highest BCUT2D eigenvalue weighted by Crippen LogP contribution is 2.29. The van der Waals surface area contributed by atoms with Crippen molar-refractivity contribution >= 4 is 0 Å². The van der Waals surface area contributed by atoms with E-state index in [-0.39, 0.29) is 6.04 Å². The van der Waals surface area contributed by atoms with Gasteiger partial charge in [0.05, 0.1) is 12.1 Å². The third-order valence-electron chi connectivity index (χ3n) is 3.46. The summed E-state index contributed by atoms with van der Waals surface area (Å²) >= 11 is 0. The van der Waals surface area contributed by atoms with Crippen LogP contribution in [0.15, 0.2) is 42.7 Å². The molecule has 1 aromatic heterocycles. The number of hydrogen-bond acceptors (Lipinski definition) is 3. The van der Waals surface area contributed by atoms with Crippen LogP contribution in [0.1, 0.15) is 35.6 Å². The average Bonchev–Trinajstić information content (AvgIpc) is 3.23. The van der Waals surface area contributed by atoms with Gasteiger partial charge in [0.1, 0.15) is 5.75 Å². The van der Waals surface area contributed by atoms with Crippen LogP contribution >= 0.6 is 0 Å². The zero-order valence-electron chi connectivity index (χ0n) is 11.0. The first kappa shape index (κ1) is 12.2. The van der Waals surface area contributed by atoms with Gasteiger partial charge < -0.3 is 10.5 Å². The Morgan fingerprint density at radius 1 is 1.32 bits per heavy atom. The molecular formula is C16H18N2O. The van der Waals surface area contributed by atoms with Crippen LogP contribution in [-0.2, 0) is 0 Å². The fraction of sp³-hybridized carbons (Fsp3) is 0.312. The summed E-state index contributed by atoms with van der Waals surface area (Å²) in [6, 6.07) is 9.89. The Hall–Kier alpha value is -1.87. The second kappa shape index (κ2) is 5.02. The Labute approximate surface area is 113 Å². The van der Waals surface area contributed by atoms with Gasteiger partial charge in [0, 0.05) is 12.4 Å². The summed E-state index contributed by atoms with van der Waals surface area (Å²) in [7, 11) is 0. The van der Waals surface area contributed by atoms with Crippen molar-refractivity contribution in [2.24, 2.45) is 5.73 Å². The Morgan fingerprint density at radius 3 is 2.89 bits per heavy atom. The van der Waals surface area contributed by atoms with E-state index in [1.165, 1.54) is 0 Å². The smallest absolute Gasteiger partial charge is 0.120 e. The van der Waals surface area contributed by atoms with Gasteiger partial charge >= 0.3 is 0 Å². The molecular weight excluding hydrogens is 236 g/mol. The molecule has 0 spiro atoms. The Bertz CT molecular complexity index is 578. The Kier molecular flexibility index (Phi) is 3.22. The molecule has 1 atom stereocenters. The molecule has 0 amide bonds. The lowest BCUT2D eigenvalue weighted by atomic mass is 9.97. The third kappa shape index (κ3) is 2.76. The minimum Gasteiger partial charge on any atom is -0.490 e. The first-order chi connectivity index (χ1) is 9.24. The second-order valence-corrected chi connectivity index (χ2v) is 5.10. The van der Waals surface area contributed by atoms with Crippen molar-refractivity contribution in [2.75, 3.05) is 0 Å². The molecule has 0 saturated heterocycles. The highest BCUT2D eigenvalue weighted by atomic mass is 16.5. The predicted octanol–water partition coefficient (Wildman–Crippen LogP) is 2.98. The SMILES string of the molecule is Cc1ccncc1C(N)c1cccc(OC2CC2)c1. The molecule has 1 heterocycles. The van der Waals surface area contributed by atoms with E-state index in [0.717, 1.165) is 35.3 Å². The van der Waals surface area contributed by atoms with Crippen molar-refractivity contribution in [1.82, 2.24) is 4.98 Å². The second-order valence-electron chi connectivity index (χ2n) is 5.10. The third-order valence-corrected chi connectivity index (χ3v) is 3.46. The van der Waals surface area contributed by atoms with Crippen molar-refractivity contribution in [3.63, 3.8) is 0 Å². The van der Waals surface area contributed by atoms with Crippen LogP contribution in [0, 0.1) is 6.92 Å². The number of ether oxygens (including phenoxy) is 1. The highest BCUT2D eigenvalue weighted by Gasteiger charge is 2.23. The van der Waals surface area contributed by atoms with Crippen molar-refractivity contribution in [2.45, 2.75) is 31.9 Å². The number of aromatic nitrogens is 1. The maximum absolute atomic E-state index is 6.34. The van der Waals surface area contributed by atoms with E-state index in [1.807, 2.05) is 36.5 Å². The fourth-order valence-corrected chi connectivity index (χ4v) is 2.14. The largest absolute Gasteiger partial charge is 0.490 e. The van der Waals surface area contributed by atoms with Gasteiger partial charge in [0.2, 0.25) is 0 Å². The lowest BCUT2D eigenvalue weighted by Crippen LogP contribution is -2.13. The summed E-state index contributed by atoms with van der Waals surface area (Å²) in [5.41, 5.74) is 9.63. The lowest BCUT2D eigenvalue weighted by Gasteiger charge is -2.15. The molecule has 1 aromatic carbocycles. The number of hydrogen-bond donors (Lipinski definition) is 1. The number of aryl methyl sites for hydroxylation is 1. The molecule has 1 fully saturated rings. The Balaban J connectivity index is 1.86. The van der Waals surface area contributed by atoms with Gasteiger partial charge in [-0.2, -0.15) is 0 Å². The van der Waals surface area contributed by atoms with E-state index in [0.29, 0.717) is 6.10 Å². The molecule has 1 aliphatic rings. The molecule has 2 aromatic rings. The first-order valence-electron chi connectivity index (χ1n) is 6.67. The predicted molar refractivity (Wildman–Crippen MR) is 75.1 cm³/mol. The number of pyridine rings is 1. The zero-order chi connectivity index (χ0) is 13.2. The monoisotopic (exact) mass is 254 g/mol. The maximum Gasteiger partial charge on any atom is 0.120 e. The van der Waals surface area contributed by atoms with Gasteiger partial charge in [-0.05, 0) is 54.7 Å². The van der Waals surface area contributed by atoms with E-state index < -0.39 is 0 Å². The van der Waals surface area contributed by atoms with Crippen LogP contribution in [0.25, 0.3) is 0 Å². The molecule has 0 radical (unpaired) electrons. The van der Waals surface area contributed by atoms with Crippen molar-refractivity contribution in [3.05, 3.63) is 59.4 Å². The quantitative estimate of drug-likeness (QED) is 0.912. The van der Waals surface area contributed by atoms with Crippen molar-refractivity contribution in [1.29, 1.82) is 0 Å². The summed E-state index contributed by atoms with van der Waals surface area (Å²) in [6.45, 7) is 2.06. The molecule has 3 nitrogen and oxygen atoms in total. The molecule has 98 valence electrons. The minimum absolute atomic E-state index is 0.156. The average molecular weight is 254 g/mol. The van der Waals surface area contributed by atoms with Crippen LogP contribution in [0.5, 0.6) is 5.75 Å². The molecule has 0 aliphatic heterocycles. The van der Waals surface area contributed by atoms with Crippen molar-refractivity contribution < 1.29 is 4.74 Å². The lowest BCUT2D eigenvalue weighted by molar-refractivity contribution is 0.303. The van der Waals surface area contributed by atoms with E-state index >= 15 is 0 Å². The molecule has 19 heavy (non-hydrogen) atoms. The topological polar surface area (TPSA) is 48.1 Å². The molecule has 1 saturated carbocycles.